The molecule has 0 saturated carbocycles. The molecule has 1 aromatic carbocycles. The molecule has 0 bridgehead atoms. The van der Waals surface area contributed by atoms with E-state index < -0.39 is 24.0 Å². The van der Waals surface area contributed by atoms with Crippen molar-refractivity contribution >= 4 is 17.9 Å². The highest BCUT2D eigenvalue weighted by Gasteiger charge is 2.19. The maximum atomic E-state index is 11.7. The first-order valence-corrected chi connectivity index (χ1v) is 6.94. The Labute approximate surface area is 128 Å². The van der Waals surface area contributed by atoms with Gasteiger partial charge in [0.05, 0.1) is 6.61 Å². The largest absolute Gasteiger partial charge is 0.494 e. The monoisotopic (exact) mass is 308 g/mol. The van der Waals surface area contributed by atoms with Gasteiger partial charge in [0.1, 0.15) is 5.75 Å². The number of aryl methyl sites for hydroxylation is 1. The standard InChI is InChI=1S/C15H20N2O5/c1-3-21-12-7-5-4-6-11(12)8-9-13(18)22-10(2)14(19)17-15(16)20/h4-7,10H,3,8-9H2,1-2H3,(H3,16,17,19,20)/t10-/m1/s1. The van der Waals surface area contributed by atoms with Crippen LogP contribution in [0.3, 0.4) is 0 Å². The normalized spacial score (nSPS) is 11.4. The molecule has 120 valence electrons. The second kappa shape index (κ2) is 8.66. The number of para-hydroxylation sites is 1. The van der Waals surface area contributed by atoms with Crippen LogP contribution in [0.25, 0.3) is 0 Å². The number of primary amides is 1. The number of nitrogens with two attached hydrogens (primary N) is 1. The zero-order valence-corrected chi connectivity index (χ0v) is 12.6. The van der Waals surface area contributed by atoms with E-state index in [1.165, 1.54) is 6.92 Å². The number of esters is 1. The zero-order chi connectivity index (χ0) is 16.5. The van der Waals surface area contributed by atoms with Crippen LogP contribution in [0.15, 0.2) is 24.3 Å². The topological polar surface area (TPSA) is 108 Å². The summed E-state index contributed by atoms with van der Waals surface area (Å²) in [6, 6.07) is 6.41. The molecule has 0 aliphatic heterocycles. The molecule has 7 nitrogen and oxygen atoms in total. The number of imide groups is 1. The molecule has 0 saturated heterocycles. The van der Waals surface area contributed by atoms with Crippen molar-refractivity contribution in [1.29, 1.82) is 0 Å². The minimum absolute atomic E-state index is 0.0955. The molecule has 0 spiro atoms. The highest BCUT2D eigenvalue weighted by molar-refractivity contribution is 5.96. The summed E-state index contributed by atoms with van der Waals surface area (Å²) in [6.07, 6.45) is -0.556. The van der Waals surface area contributed by atoms with Crippen LogP contribution < -0.4 is 15.8 Å². The maximum absolute atomic E-state index is 11.7. The summed E-state index contributed by atoms with van der Waals surface area (Å²) >= 11 is 0. The van der Waals surface area contributed by atoms with Gasteiger partial charge in [-0.1, -0.05) is 18.2 Å². The lowest BCUT2D eigenvalue weighted by Gasteiger charge is -2.13. The second-order valence-electron chi connectivity index (χ2n) is 4.53. The van der Waals surface area contributed by atoms with Gasteiger partial charge in [-0.05, 0) is 31.9 Å². The summed E-state index contributed by atoms with van der Waals surface area (Å²) in [5.41, 5.74) is 5.70. The van der Waals surface area contributed by atoms with Crippen molar-refractivity contribution in [2.45, 2.75) is 32.8 Å². The van der Waals surface area contributed by atoms with Crippen molar-refractivity contribution in [1.82, 2.24) is 5.32 Å². The Kier molecular flexibility index (Phi) is 6.88. The predicted octanol–water partition coefficient (Wildman–Crippen LogP) is 1.14. The van der Waals surface area contributed by atoms with Crippen molar-refractivity contribution in [3.05, 3.63) is 29.8 Å². The molecule has 0 heterocycles. The van der Waals surface area contributed by atoms with Crippen LogP contribution in [0.4, 0.5) is 4.79 Å². The van der Waals surface area contributed by atoms with Gasteiger partial charge < -0.3 is 15.2 Å². The number of nitrogens with one attached hydrogen (secondary N) is 1. The fraction of sp³-hybridized carbons (Fsp3) is 0.400. The molecule has 3 N–H and O–H groups in total. The quantitative estimate of drug-likeness (QED) is 0.734. The van der Waals surface area contributed by atoms with Gasteiger partial charge >= 0.3 is 12.0 Å². The van der Waals surface area contributed by atoms with Gasteiger partial charge in [0.2, 0.25) is 0 Å². The molecule has 1 rings (SSSR count). The number of rotatable bonds is 7. The third kappa shape index (κ3) is 5.82. The molecule has 3 amide bonds. The highest BCUT2D eigenvalue weighted by Crippen LogP contribution is 2.19. The lowest BCUT2D eigenvalue weighted by atomic mass is 10.1. The van der Waals surface area contributed by atoms with Crippen LogP contribution in [-0.2, 0) is 20.7 Å². The molecule has 0 unspecified atom stereocenters. The minimum atomic E-state index is -1.08. The van der Waals surface area contributed by atoms with Crippen LogP contribution in [0, 0.1) is 0 Å². The van der Waals surface area contributed by atoms with Crippen LogP contribution >= 0.6 is 0 Å². The Balaban J connectivity index is 2.49. The van der Waals surface area contributed by atoms with Gasteiger partial charge in [-0.2, -0.15) is 0 Å². The Bertz CT molecular complexity index is 544. The lowest BCUT2D eigenvalue weighted by Crippen LogP contribution is -2.42. The summed E-state index contributed by atoms with van der Waals surface area (Å²) in [7, 11) is 0. The third-order valence-electron chi connectivity index (χ3n) is 2.79. The Morgan fingerprint density at radius 3 is 2.59 bits per heavy atom. The molecule has 22 heavy (non-hydrogen) atoms. The van der Waals surface area contributed by atoms with Gasteiger partial charge in [0.15, 0.2) is 6.10 Å². The number of carbonyl (C=O) groups excluding carboxylic acids is 3. The van der Waals surface area contributed by atoms with Crippen molar-refractivity contribution in [2.75, 3.05) is 6.61 Å². The van der Waals surface area contributed by atoms with E-state index >= 15 is 0 Å². The number of benzene rings is 1. The number of ether oxygens (including phenoxy) is 2. The van der Waals surface area contributed by atoms with E-state index in [1.807, 2.05) is 36.5 Å². The molecule has 1 atom stereocenters. The molecule has 0 aromatic heterocycles. The van der Waals surface area contributed by atoms with Gasteiger partial charge in [-0.3, -0.25) is 14.9 Å². The first kappa shape index (κ1) is 17.5. The smallest absolute Gasteiger partial charge is 0.318 e. The summed E-state index contributed by atoms with van der Waals surface area (Å²) in [4.78, 5) is 33.7. The van der Waals surface area contributed by atoms with Crippen LogP contribution in [0.2, 0.25) is 0 Å². The lowest BCUT2D eigenvalue weighted by molar-refractivity contribution is -0.154. The Hall–Kier alpha value is -2.57. The average molecular weight is 308 g/mol. The number of hydrogen-bond acceptors (Lipinski definition) is 5. The first-order valence-electron chi connectivity index (χ1n) is 6.94. The minimum Gasteiger partial charge on any atom is -0.494 e. The van der Waals surface area contributed by atoms with Crippen LogP contribution in [0.5, 0.6) is 5.75 Å². The summed E-state index contributed by atoms with van der Waals surface area (Å²) < 4.78 is 10.4. The SMILES string of the molecule is CCOc1ccccc1CCC(=O)O[C@H](C)C(=O)NC(N)=O. The summed E-state index contributed by atoms with van der Waals surface area (Å²) in [5, 5.41) is 1.85. The summed E-state index contributed by atoms with van der Waals surface area (Å²) in [6.45, 7) is 3.78. The molecule has 0 radical (unpaired) electrons. The van der Waals surface area contributed by atoms with Crippen LogP contribution in [-0.4, -0.2) is 30.6 Å². The zero-order valence-electron chi connectivity index (χ0n) is 12.6. The van der Waals surface area contributed by atoms with E-state index in [0.29, 0.717) is 13.0 Å². The predicted molar refractivity (Wildman–Crippen MR) is 79.2 cm³/mol. The second-order valence-corrected chi connectivity index (χ2v) is 4.53. The van der Waals surface area contributed by atoms with E-state index in [2.05, 4.69) is 0 Å². The highest BCUT2D eigenvalue weighted by atomic mass is 16.5. The van der Waals surface area contributed by atoms with E-state index in [4.69, 9.17) is 15.2 Å². The fourth-order valence-electron chi connectivity index (χ4n) is 1.78. The Morgan fingerprint density at radius 2 is 1.95 bits per heavy atom. The third-order valence-corrected chi connectivity index (χ3v) is 2.79. The average Bonchev–Trinajstić information content (AvgIpc) is 2.46. The van der Waals surface area contributed by atoms with E-state index in [0.717, 1.165) is 11.3 Å². The van der Waals surface area contributed by atoms with Crippen LogP contribution in [0.1, 0.15) is 25.8 Å². The van der Waals surface area contributed by atoms with Crippen molar-refractivity contribution in [3.8, 4) is 5.75 Å². The maximum Gasteiger partial charge on any atom is 0.318 e. The molecule has 7 heteroatoms. The molecule has 0 aliphatic carbocycles. The fourth-order valence-corrected chi connectivity index (χ4v) is 1.78. The molecular formula is C15H20N2O5. The first-order chi connectivity index (χ1) is 10.4. The van der Waals surface area contributed by atoms with Gasteiger partial charge in [0.25, 0.3) is 5.91 Å². The number of carbonyl (C=O) groups is 3. The van der Waals surface area contributed by atoms with Crippen molar-refractivity contribution < 1.29 is 23.9 Å². The number of hydrogen-bond donors (Lipinski definition) is 2. The van der Waals surface area contributed by atoms with Crippen molar-refractivity contribution in [3.63, 3.8) is 0 Å². The molecule has 0 fully saturated rings. The van der Waals surface area contributed by atoms with E-state index in [1.54, 1.807) is 0 Å². The molecule has 1 aromatic rings. The number of urea groups is 1. The molecule has 0 aliphatic rings. The van der Waals surface area contributed by atoms with E-state index in [9.17, 15) is 14.4 Å². The Morgan fingerprint density at radius 1 is 1.27 bits per heavy atom. The number of amides is 3. The van der Waals surface area contributed by atoms with Crippen molar-refractivity contribution in [2.24, 2.45) is 5.73 Å². The van der Waals surface area contributed by atoms with Gasteiger partial charge in [-0.25, -0.2) is 4.79 Å². The summed E-state index contributed by atoms with van der Waals surface area (Å²) in [5.74, 6) is -0.577. The van der Waals surface area contributed by atoms with E-state index in [-0.39, 0.29) is 6.42 Å². The van der Waals surface area contributed by atoms with Gasteiger partial charge in [0, 0.05) is 6.42 Å². The molecular weight excluding hydrogens is 288 g/mol. The van der Waals surface area contributed by atoms with Gasteiger partial charge in [-0.15, -0.1) is 0 Å².